The summed E-state index contributed by atoms with van der Waals surface area (Å²) in [4.78, 5) is 12.3. The number of hydrogen-bond donors (Lipinski definition) is 3. The number of hydrogen-bond acceptors (Lipinski definition) is 5. The molecule has 3 heterocycles. The van der Waals surface area contributed by atoms with E-state index in [1.54, 1.807) is 6.08 Å². The first-order valence-electron chi connectivity index (χ1n) is 8.52. The van der Waals surface area contributed by atoms with E-state index in [1.807, 2.05) is 24.3 Å². The molecule has 1 aromatic rings. The number of piperidine rings is 1. The van der Waals surface area contributed by atoms with Gasteiger partial charge in [-0.25, -0.2) is 5.43 Å². The summed E-state index contributed by atoms with van der Waals surface area (Å²) in [6.07, 6.45) is 3.69. The SMILES string of the molecule is N#Cc1ccccc1C1CNN2C(C3CCNCC3)=CC(=O)NC12. The molecule has 2 atom stereocenters. The van der Waals surface area contributed by atoms with E-state index in [0.717, 1.165) is 37.2 Å². The number of nitriles is 1. The van der Waals surface area contributed by atoms with Crippen molar-refractivity contribution in [1.82, 2.24) is 21.1 Å². The summed E-state index contributed by atoms with van der Waals surface area (Å²) in [7, 11) is 0. The number of rotatable bonds is 2. The van der Waals surface area contributed by atoms with Crippen LogP contribution < -0.4 is 16.1 Å². The maximum Gasteiger partial charge on any atom is 0.247 e. The van der Waals surface area contributed by atoms with Gasteiger partial charge in [0.05, 0.1) is 11.6 Å². The molecule has 0 spiro atoms. The molecule has 3 aliphatic rings. The van der Waals surface area contributed by atoms with Crippen molar-refractivity contribution in [2.24, 2.45) is 5.92 Å². The van der Waals surface area contributed by atoms with Gasteiger partial charge >= 0.3 is 0 Å². The van der Waals surface area contributed by atoms with Crippen LogP contribution in [0, 0.1) is 17.2 Å². The molecule has 6 heteroatoms. The molecule has 2 saturated heterocycles. The molecule has 6 nitrogen and oxygen atoms in total. The Bertz CT molecular complexity index is 716. The smallest absolute Gasteiger partial charge is 0.247 e. The van der Waals surface area contributed by atoms with Gasteiger partial charge in [-0.2, -0.15) is 5.26 Å². The van der Waals surface area contributed by atoms with Crippen molar-refractivity contribution in [2.45, 2.75) is 24.9 Å². The Morgan fingerprint density at radius 2 is 2.00 bits per heavy atom. The normalized spacial score (nSPS) is 27.2. The Labute approximate surface area is 141 Å². The maximum atomic E-state index is 12.3. The van der Waals surface area contributed by atoms with E-state index in [1.165, 1.54) is 0 Å². The average Bonchev–Trinajstić information content (AvgIpc) is 3.05. The topological polar surface area (TPSA) is 80.2 Å². The minimum Gasteiger partial charge on any atom is -0.330 e. The van der Waals surface area contributed by atoms with Gasteiger partial charge < -0.3 is 10.6 Å². The molecule has 1 aromatic carbocycles. The standard InChI is InChI=1S/C18H21N5O/c19-10-13-3-1-2-4-14(13)15-11-21-23-16(9-17(24)22-18(15)23)12-5-7-20-8-6-12/h1-4,9,12,15,18,20-21H,5-8,11H2,(H,22,24). The summed E-state index contributed by atoms with van der Waals surface area (Å²) in [5, 5.41) is 18.0. The van der Waals surface area contributed by atoms with Gasteiger partial charge in [0.15, 0.2) is 0 Å². The van der Waals surface area contributed by atoms with Crippen LogP contribution in [0.5, 0.6) is 0 Å². The Kier molecular flexibility index (Phi) is 3.97. The largest absolute Gasteiger partial charge is 0.330 e. The molecule has 3 N–H and O–H groups in total. The molecular weight excluding hydrogens is 302 g/mol. The third-order valence-corrected chi connectivity index (χ3v) is 5.23. The number of carbonyl (C=O) groups excluding carboxylic acids is 1. The van der Waals surface area contributed by atoms with Gasteiger partial charge in [0.1, 0.15) is 6.17 Å². The van der Waals surface area contributed by atoms with Crippen molar-refractivity contribution in [2.75, 3.05) is 19.6 Å². The highest BCUT2D eigenvalue weighted by Crippen LogP contribution is 2.35. The van der Waals surface area contributed by atoms with Gasteiger partial charge in [-0.3, -0.25) is 9.80 Å². The monoisotopic (exact) mass is 323 g/mol. The lowest BCUT2D eigenvalue weighted by Crippen LogP contribution is -2.53. The van der Waals surface area contributed by atoms with E-state index < -0.39 is 0 Å². The van der Waals surface area contributed by atoms with E-state index in [2.05, 4.69) is 27.1 Å². The van der Waals surface area contributed by atoms with E-state index in [9.17, 15) is 10.1 Å². The van der Waals surface area contributed by atoms with Crippen LogP contribution in [0.15, 0.2) is 36.0 Å². The lowest BCUT2D eigenvalue weighted by atomic mass is 9.89. The fourth-order valence-corrected chi connectivity index (χ4v) is 4.03. The molecule has 0 radical (unpaired) electrons. The fourth-order valence-electron chi connectivity index (χ4n) is 4.03. The minimum absolute atomic E-state index is 0.0343. The molecule has 4 rings (SSSR count). The van der Waals surface area contributed by atoms with Gasteiger partial charge in [0.2, 0.25) is 5.91 Å². The van der Waals surface area contributed by atoms with Crippen LogP contribution in [0.1, 0.15) is 29.9 Å². The predicted molar refractivity (Wildman–Crippen MR) is 89.3 cm³/mol. The van der Waals surface area contributed by atoms with E-state index >= 15 is 0 Å². The quantitative estimate of drug-likeness (QED) is 0.750. The summed E-state index contributed by atoms with van der Waals surface area (Å²) in [5.41, 5.74) is 6.20. The van der Waals surface area contributed by atoms with Crippen molar-refractivity contribution in [1.29, 1.82) is 5.26 Å². The molecule has 2 fully saturated rings. The molecule has 3 aliphatic heterocycles. The fraction of sp³-hybridized carbons (Fsp3) is 0.444. The number of fused-ring (bicyclic) bond motifs is 1. The van der Waals surface area contributed by atoms with Gasteiger partial charge in [-0.1, -0.05) is 18.2 Å². The number of allylic oxidation sites excluding steroid dienone is 1. The number of nitrogens with one attached hydrogen (secondary N) is 3. The second kappa shape index (κ2) is 6.27. The molecule has 1 amide bonds. The molecule has 0 bridgehead atoms. The first-order chi connectivity index (χ1) is 11.8. The molecular formula is C18H21N5O. The average molecular weight is 323 g/mol. The Morgan fingerprint density at radius 3 is 2.79 bits per heavy atom. The van der Waals surface area contributed by atoms with Crippen LogP contribution in [-0.4, -0.2) is 36.7 Å². The summed E-state index contributed by atoms with van der Waals surface area (Å²) >= 11 is 0. The zero-order chi connectivity index (χ0) is 16.5. The number of hydrazine groups is 1. The molecule has 124 valence electrons. The van der Waals surface area contributed by atoms with E-state index in [-0.39, 0.29) is 18.0 Å². The van der Waals surface area contributed by atoms with E-state index in [0.29, 0.717) is 18.0 Å². The molecule has 0 saturated carbocycles. The molecule has 0 aliphatic carbocycles. The number of benzene rings is 1. The van der Waals surface area contributed by atoms with Crippen LogP contribution in [0.25, 0.3) is 0 Å². The summed E-state index contributed by atoms with van der Waals surface area (Å²) in [6, 6.07) is 9.93. The summed E-state index contributed by atoms with van der Waals surface area (Å²) < 4.78 is 0. The highest BCUT2D eigenvalue weighted by Gasteiger charge is 2.42. The lowest BCUT2D eigenvalue weighted by molar-refractivity contribution is -0.119. The van der Waals surface area contributed by atoms with Crippen LogP contribution in [0.2, 0.25) is 0 Å². The number of carbonyl (C=O) groups is 1. The van der Waals surface area contributed by atoms with Crippen LogP contribution in [0.3, 0.4) is 0 Å². The van der Waals surface area contributed by atoms with Crippen LogP contribution in [-0.2, 0) is 4.79 Å². The zero-order valence-corrected chi connectivity index (χ0v) is 13.5. The first kappa shape index (κ1) is 15.2. The van der Waals surface area contributed by atoms with Crippen molar-refractivity contribution in [3.8, 4) is 6.07 Å². The second-order valence-electron chi connectivity index (χ2n) is 6.58. The summed E-state index contributed by atoms with van der Waals surface area (Å²) in [6.45, 7) is 2.69. The third kappa shape index (κ3) is 2.56. The molecule has 24 heavy (non-hydrogen) atoms. The Morgan fingerprint density at radius 1 is 1.21 bits per heavy atom. The first-order valence-corrected chi connectivity index (χ1v) is 8.52. The van der Waals surface area contributed by atoms with Gasteiger partial charge in [-0.05, 0) is 37.6 Å². The highest BCUT2D eigenvalue weighted by atomic mass is 16.2. The van der Waals surface area contributed by atoms with Gasteiger partial charge in [-0.15, -0.1) is 0 Å². The molecule has 2 unspecified atom stereocenters. The van der Waals surface area contributed by atoms with Gasteiger partial charge in [0.25, 0.3) is 0 Å². The zero-order valence-electron chi connectivity index (χ0n) is 13.5. The van der Waals surface area contributed by atoms with Gasteiger partial charge in [0, 0.05) is 30.2 Å². The summed E-state index contributed by atoms with van der Waals surface area (Å²) in [5.74, 6) is 0.431. The minimum atomic E-state index is -0.137. The van der Waals surface area contributed by atoms with Crippen LogP contribution in [0.4, 0.5) is 0 Å². The lowest BCUT2D eigenvalue weighted by Gasteiger charge is -2.39. The van der Waals surface area contributed by atoms with Crippen molar-refractivity contribution < 1.29 is 4.79 Å². The maximum absolute atomic E-state index is 12.3. The van der Waals surface area contributed by atoms with Crippen molar-refractivity contribution in [3.05, 3.63) is 47.2 Å². The highest BCUT2D eigenvalue weighted by molar-refractivity contribution is 5.89. The van der Waals surface area contributed by atoms with Crippen molar-refractivity contribution >= 4 is 5.91 Å². The second-order valence-corrected chi connectivity index (χ2v) is 6.58. The van der Waals surface area contributed by atoms with Crippen molar-refractivity contribution in [3.63, 3.8) is 0 Å². The number of nitrogens with zero attached hydrogens (tertiary/aromatic N) is 2. The number of amides is 1. The third-order valence-electron chi connectivity index (χ3n) is 5.23. The molecule has 0 aromatic heterocycles. The predicted octanol–water partition coefficient (Wildman–Crippen LogP) is 0.801. The Balaban J connectivity index is 1.64. The Hall–Kier alpha value is -2.36. The van der Waals surface area contributed by atoms with E-state index in [4.69, 9.17) is 0 Å². The van der Waals surface area contributed by atoms with Crippen LogP contribution >= 0.6 is 0 Å².